The van der Waals surface area contributed by atoms with Gasteiger partial charge in [-0.25, -0.2) is 0 Å². The molecule has 1 nitrogen and oxygen atoms in total. The summed E-state index contributed by atoms with van der Waals surface area (Å²) in [6.07, 6.45) is 1.12. The Bertz CT molecular complexity index is 522. The van der Waals surface area contributed by atoms with Crippen molar-refractivity contribution in [2.75, 3.05) is 6.54 Å². The van der Waals surface area contributed by atoms with E-state index in [1.54, 1.807) is 0 Å². The van der Waals surface area contributed by atoms with Gasteiger partial charge < -0.3 is 5.32 Å². The van der Waals surface area contributed by atoms with Crippen molar-refractivity contribution in [2.24, 2.45) is 0 Å². The maximum atomic E-state index is 3.64. The van der Waals surface area contributed by atoms with Gasteiger partial charge in [0.15, 0.2) is 0 Å². The van der Waals surface area contributed by atoms with Crippen LogP contribution >= 0.6 is 11.3 Å². The van der Waals surface area contributed by atoms with Crippen molar-refractivity contribution in [3.8, 4) is 0 Å². The van der Waals surface area contributed by atoms with E-state index in [1.807, 2.05) is 11.3 Å². The fraction of sp³-hybridized carbons (Fsp3) is 0.412. The summed E-state index contributed by atoms with van der Waals surface area (Å²) in [4.78, 5) is 2.89. The molecule has 0 saturated carbocycles. The summed E-state index contributed by atoms with van der Waals surface area (Å²) in [7, 11) is 0. The maximum Gasteiger partial charge on any atom is 0.0676 e. The van der Waals surface area contributed by atoms with Crippen LogP contribution in [0.5, 0.6) is 0 Å². The van der Waals surface area contributed by atoms with Crippen LogP contribution in [0.4, 0.5) is 0 Å². The Kier molecular flexibility index (Phi) is 4.78. The van der Waals surface area contributed by atoms with Gasteiger partial charge in [0.05, 0.1) is 6.04 Å². The van der Waals surface area contributed by atoms with E-state index in [1.165, 1.54) is 26.4 Å². The van der Waals surface area contributed by atoms with Crippen molar-refractivity contribution in [3.63, 3.8) is 0 Å². The van der Waals surface area contributed by atoms with Crippen LogP contribution in [0.15, 0.2) is 30.3 Å². The fourth-order valence-corrected chi connectivity index (χ4v) is 3.61. The monoisotopic (exact) mass is 273 g/mol. The molecule has 0 spiro atoms. The number of aryl methyl sites for hydroxylation is 3. The molecule has 0 aliphatic carbocycles. The zero-order valence-electron chi connectivity index (χ0n) is 12.3. The Morgan fingerprint density at radius 2 is 1.74 bits per heavy atom. The van der Waals surface area contributed by atoms with E-state index >= 15 is 0 Å². The Morgan fingerprint density at radius 3 is 2.26 bits per heavy atom. The van der Waals surface area contributed by atoms with Gasteiger partial charge in [-0.05, 0) is 55.6 Å². The van der Waals surface area contributed by atoms with Gasteiger partial charge >= 0.3 is 0 Å². The van der Waals surface area contributed by atoms with Gasteiger partial charge in [-0.3, -0.25) is 0 Å². The highest BCUT2D eigenvalue weighted by molar-refractivity contribution is 7.12. The number of hydrogen-bond acceptors (Lipinski definition) is 2. The fourth-order valence-electron chi connectivity index (χ4n) is 2.57. The Morgan fingerprint density at radius 1 is 1.05 bits per heavy atom. The van der Waals surface area contributed by atoms with Crippen molar-refractivity contribution in [1.29, 1.82) is 0 Å². The quantitative estimate of drug-likeness (QED) is 0.837. The molecule has 0 amide bonds. The van der Waals surface area contributed by atoms with Crippen LogP contribution in [0.2, 0.25) is 0 Å². The van der Waals surface area contributed by atoms with E-state index in [0.717, 1.165) is 13.0 Å². The van der Waals surface area contributed by atoms with E-state index in [0.29, 0.717) is 6.04 Å². The topological polar surface area (TPSA) is 12.0 Å². The molecule has 0 radical (unpaired) electrons. The van der Waals surface area contributed by atoms with Crippen LogP contribution in [0.1, 0.15) is 46.3 Å². The minimum atomic E-state index is 0.330. The number of nitrogens with one attached hydrogen (secondary N) is 1. The lowest BCUT2D eigenvalue weighted by atomic mass is 9.95. The van der Waals surface area contributed by atoms with E-state index in [9.17, 15) is 0 Å². The van der Waals surface area contributed by atoms with Crippen LogP contribution in [-0.2, 0) is 6.42 Å². The van der Waals surface area contributed by atoms with Crippen molar-refractivity contribution >= 4 is 11.3 Å². The van der Waals surface area contributed by atoms with Gasteiger partial charge in [0.2, 0.25) is 0 Å². The van der Waals surface area contributed by atoms with Crippen LogP contribution in [-0.4, -0.2) is 6.54 Å². The summed E-state index contributed by atoms with van der Waals surface area (Å²) in [6, 6.07) is 11.4. The molecule has 0 fully saturated rings. The summed E-state index contributed by atoms with van der Waals surface area (Å²) in [5.41, 5.74) is 4.18. The molecule has 0 saturated heterocycles. The average Bonchev–Trinajstić information content (AvgIpc) is 2.86. The normalized spacial score (nSPS) is 12.6. The molecule has 0 aliphatic rings. The number of thiophene rings is 1. The number of hydrogen-bond donors (Lipinski definition) is 1. The van der Waals surface area contributed by atoms with Gasteiger partial charge in [-0.1, -0.05) is 32.0 Å². The zero-order chi connectivity index (χ0) is 13.8. The summed E-state index contributed by atoms with van der Waals surface area (Å²) < 4.78 is 0. The standard InChI is InChI=1S/C17H23NS/c1-5-14-10-11-15(19-14)17(18-6-2)16-12(3)8-7-9-13(16)4/h7-11,17-18H,5-6H2,1-4H3. The van der Waals surface area contributed by atoms with Crippen LogP contribution in [0.3, 0.4) is 0 Å². The van der Waals surface area contributed by atoms with Gasteiger partial charge in [0.25, 0.3) is 0 Å². The molecule has 2 rings (SSSR count). The minimum Gasteiger partial charge on any atom is -0.306 e. The van der Waals surface area contributed by atoms with Gasteiger partial charge in [0.1, 0.15) is 0 Å². The molecule has 0 aliphatic heterocycles. The SMILES string of the molecule is CCNC(c1ccc(CC)s1)c1c(C)cccc1C. The third kappa shape index (κ3) is 3.07. The van der Waals surface area contributed by atoms with Crippen molar-refractivity contribution in [1.82, 2.24) is 5.32 Å². The highest BCUT2D eigenvalue weighted by Gasteiger charge is 2.18. The first kappa shape index (κ1) is 14.3. The Labute approximate surface area is 120 Å². The molecule has 2 aromatic rings. The van der Waals surface area contributed by atoms with E-state index < -0.39 is 0 Å². The number of benzene rings is 1. The van der Waals surface area contributed by atoms with Gasteiger partial charge in [-0.2, -0.15) is 0 Å². The summed E-state index contributed by atoms with van der Waals surface area (Å²) >= 11 is 1.93. The van der Waals surface area contributed by atoms with E-state index in [2.05, 4.69) is 63.3 Å². The summed E-state index contributed by atoms with van der Waals surface area (Å²) in [5, 5.41) is 3.64. The second-order valence-electron chi connectivity index (χ2n) is 4.95. The molecule has 1 N–H and O–H groups in total. The minimum absolute atomic E-state index is 0.330. The predicted molar refractivity (Wildman–Crippen MR) is 85.1 cm³/mol. The van der Waals surface area contributed by atoms with Crippen molar-refractivity contribution < 1.29 is 0 Å². The average molecular weight is 273 g/mol. The first-order valence-electron chi connectivity index (χ1n) is 7.05. The maximum absolute atomic E-state index is 3.64. The molecule has 1 heterocycles. The highest BCUT2D eigenvalue weighted by atomic mass is 32.1. The third-order valence-electron chi connectivity index (χ3n) is 3.55. The zero-order valence-corrected chi connectivity index (χ0v) is 13.1. The molecule has 1 aromatic heterocycles. The van der Waals surface area contributed by atoms with Gasteiger partial charge in [-0.15, -0.1) is 11.3 Å². The predicted octanol–water partition coefficient (Wildman–Crippen LogP) is 4.63. The molecule has 1 aromatic carbocycles. The summed E-state index contributed by atoms with van der Waals surface area (Å²) in [6.45, 7) is 9.80. The molecular formula is C17H23NS. The first-order valence-corrected chi connectivity index (χ1v) is 7.87. The molecule has 2 heteroatoms. The number of rotatable bonds is 5. The summed E-state index contributed by atoms with van der Waals surface area (Å²) in [5.74, 6) is 0. The second kappa shape index (κ2) is 6.36. The van der Waals surface area contributed by atoms with Crippen LogP contribution in [0.25, 0.3) is 0 Å². The molecule has 102 valence electrons. The smallest absolute Gasteiger partial charge is 0.0676 e. The highest BCUT2D eigenvalue weighted by Crippen LogP contribution is 2.32. The van der Waals surface area contributed by atoms with Crippen molar-refractivity contribution in [3.05, 3.63) is 56.8 Å². The van der Waals surface area contributed by atoms with E-state index in [4.69, 9.17) is 0 Å². The molecular weight excluding hydrogens is 250 g/mol. The molecule has 19 heavy (non-hydrogen) atoms. The lowest BCUT2D eigenvalue weighted by Crippen LogP contribution is -2.22. The molecule has 1 unspecified atom stereocenters. The molecule has 0 bridgehead atoms. The largest absolute Gasteiger partial charge is 0.306 e. The van der Waals surface area contributed by atoms with Crippen LogP contribution < -0.4 is 5.32 Å². The third-order valence-corrected chi connectivity index (χ3v) is 4.85. The van der Waals surface area contributed by atoms with Gasteiger partial charge in [0, 0.05) is 9.75 Å². The lowest BCUT2D eigenvalue weighted by molar-refractivity contribution is 0.633. The second-order valence-corrected chi connectivity index (χ2v) is 6.15. The Hall–Kier alpha value is -1.12. The molecule has 1 atom stereocenters. The first-order chi connectivity index (χ1) is 9.17. The lowest BCUT2D eigenvalue weighted by Gasteiger charge is -2.21. The van der Waals surface area contributed by atoms with Crippen LogP contribution in [0, 0.1) is 13.8 Å². The van der Waals surface area contributed by atoms with Crippen molar-refractivity contribution in [2.45, 2.75) is 40.2 Å². The Balaban J connectivity index is 2.45. The van der Waals surface area contributed by atoms with E-state index in [-0.39, 0.29) is 0 Å².